The number of hydrogen-bond acceptors (Lipinski definition) is 10. The molecule has 14 nitrogen and oxygen atoms in total. The van der Waals surface area contributed by atoms with E-state index in [1.165, 1.54) is 12.1 Å². The molecule has 0 unspecified atom stereocenters. The largest absolute Gasteiger partial charge is 0.351 e. The molecule has 0 saturated heterocycles. The zero-order chi connectivity index (χ0) is 40.9. The first-order chi connectivity index (χ1) is 27.6. The molecule has 0 saturated carbocycles. The summed E-state index contributed by atoms with van der Waals surface area (Å²) in [7, 11) is -8.74. The van der Waals surface area contributed by atoms with Crippen LogP contribution in [0.5, 0.6) is 0 Å². The molecule has 302 valence electrons. The third-order valence-electron chi connectivity index (χ3n) is 10.4. The second kappa shape index (κ2) is 15.6. The maximum atomic E-state index is 13.5. The molecular weight excluding hydrogens is 821 g/mol. The second-order valence-electron chi connectivity index (χ2n) is 14.7. The molecule has 18 heteroatoms. The zero-order valence-corrected chi connectivity index (χ0v) is 34.9. The summed E-state index contributed by atoms with van der Waals surface area (Å²) in [6.07, 6.45) is 3.70. The lowest BCUT2D eigenvalue weighted by Crippen LogP contribution is -2.26. The van der Waals surface area contributed by atoms with Gasteiger partial charge in [0, 0.05) is 37.1 Å². The number of aromatic nitrogens is 4. The second-order valence-corrected chi connectivity index (χ2v) is 20.1. The Morgan fingerprint density at radius 2 is 1.02 bits per heavy atom. The van der Waals surface area contributed by atoms with E-state index in [2.05, 4.69) is 20.8 Å². The minimum absolute atomic E-state index is 0.138. The molecule has 0 radical (unpaired) electrons. The Morgan fingerprint density at radius 1 is 0.638 bits per heavy atom. The third-order valence-corrected chi connectivity index (χ3v) is 15.3. The number of carbonyl (C=O) groups is 2. The average molecular weight is 861 g/mol. The fourth-order valence-corrected chi connectivity index (χ4v) is 11.4. The van der Waals surface area contributed by atoms with Crippen LogP contribution in [0.4, 0.5) is 0 Å². The summed E-state index contributed by atoms with van der Waals surface area (Å²) >= 11 is 1.95. The van der Waals surface area contributed by atoms with Gasteiger partial charge in [-0.05, 0) is 61.1 Å². The van der Waals surface area contributed by atoms with Crippen LogP contribution in [0.2, 0.25) is 0 Å². The van der Waals surface area contributed by atoms with Gasteiger partial charge in [0.1, 0.15) is 8.42 Å². The number of nitrogens with one attached hydrogen (secondary N) is 2. The number of benzene rings is 2. The number of amides is 2. The number of aryl methyl sites for hydroxylation is 2. The molecule has 0 aliphatic heterocycles. The van der Waals surface area contributed by atoms with Crippen molar-refractivity contribution >= 4 is 54.7 Å². The van der Waals surface area contributed by atoms with Crippen LogP contribution >= 0.6 is 22.7 Å². The topological polar surface area (TPSA) is 203 Å². The fourth-order valence-electron chi connectivity index (χ4n) is 7.45. The normalized spacial score (nSPS) is 13.0. The molecule has 2 aliphatic carbocycles. The first kappa shape index (κ1) is 39.8. The smallest absolute Gasteiger partial charge is 0.304 e. The molecule has 2 aromatic carbocycles. The molecule has 4 heterocycles. The molecular formula is C40H40N6O8S4. The molecule has 0 bridgehead atoms. The summed E-state index contributed by atoms with van der Waals surface area (Å²) in [5.41, 5.74) is 9.06. The molecule has 8 rings (SSSR count). The standard InChI is InChI=1S/C40H40N6O8S4/c1-23-7-11-25(12-8-23)21-45-35-29(17-27-19-31(55-37(27)35)57(49,50)51)33(43-45)39(47)41-15-5-3-4-6-16-42-40(48)34-30-18-28-20-32(58(52,53)54)56-38(28)36(30)46(44-34)22-26-13-9-24(2)10-14-26/h7-14,19-20H,3-6,15-18,21-22H2,1-2H3,(H,41,47)(H,42,48)(H,49,50,51)(H,52,53,54). The molecule has 0 atom stereocenters. The van der Waals surface area contributed by atoms with Crippen LogP contribution in [-0.4, -0.2) is 70.4 Å². The zero-order valence-electron chi connectivity index (χ0n) is 31.6. The van der Waals surface area contributed by atoms with Crippen LogP contribution < -0.4 is 10.6 Å². The van der Waals surface area contributed by atoms with E-state index in [0.29, 0.717) is 84.4 Å². The van der Waals surface area contributed by atoms with E-state index >= 15 is 0 Å². The van der Waals surface area contributed by atoms with Crippen LogP contribution in [0, 0.1) is 13.8 Å². The quantitative estimate of drug-likeness (QED) is 0.0672. The van der Waals surface area contributed by atoms with Gasteiger partial charge in [0.2, 0.25) is 0 Å². The van der Waals surface area contributed by atoms with E-state index < -0.39 is 20.2 Å². The highest BCUT2D eigenvalue weighted by Gasteiger charge is 2.35. The number of fused-ring (bicyclic) bond motifs is 6. The summed E-state index contributed by atoms with van der Waals surface area (Å²) < 4.78 is 70.1. The number of rotatable bonds is 15. The van der Waals surface area contributed by atoms with Crippen LogP contribution in [0.1, 0.15) is 91.2 Å². The summed E-state index contributed by atoms with van der Waals surface area (Å²) in [5, 5.41) is 15.4. The van der Waals surface area contributed by atoms with Gasteiger partial charge in [-0.15, -0.1) is 22.7 Å². The Labute approximate surface area is 343 Å². The fraction of sp³-hybridized carbons (Fsp3) is 0.300. The summed E-state index contributed by atoms with van der Waals surface area (Å²) in [4.78, 5) is 28.3. The summed E-state index contributed by atoms with van der Waals surface area (Å²) in [6.45, 7) is 5.61. The predicted octanol–water partition coefficient (Wildman–Crippen LogP) is 6.27. The highest BCUT2D eigenvalue weighted by atomic mass is 32.3. The van der Waals surface area contributed by atoms with Crippen molar-refractivity contribution in [2.24, 2.45) is 0 Å². The Morgan fingerprint density at radius 3 is 1.38 bits per heavy atom. The Balaban J connectivity index is 0.860. The van der Waals surface area contributed by atoms with Gasteiger partial charge >= 0.3 is 20.2 Å². The van der Waals surface area contributed by atoms with Gasteiger partial charge in [-0.2, -0.15) is 27.0 Å². The van der Waals surface area contributed by atoms with Crippen molar-refractivity contribution in [1.29, 1.82) is 0 Å². The Bertz CT molecular complexity index is 2610. The molecule has 4 aromatic heterocycles. The van der Waals surface area contributed by atoms with Crippen molar-refractivity contribution in [1.82, 2.24) is 30.2 Å². The monoisotopic (exact) mass is 860 g/mol. The molecule has 58 heavy (non-hydrogen) atoms. The first-order valence-corrected chi connectivity index (χ1v) is 23.2. The third kappa shape index (κ3) is 8.04. The number of unbranched alkanes of at least 4 members (excludes halogenated alkanes) is 3. The number of thiophene rings is 2. The summed E-state index contributed by atoms with van der Waals surface area (Å²) in [5.74, 6) is -0.622. The van der Waals surface area contributed by atoms with E-state index in [9.17, 15) is 35.5 Å². The van der Waals surface area contributed by atoms with E-state index in [4.69, 9.17) is 0 Å². The molecule has 6 aromatic rings. The number of nitrogens with zero attached hydrogens (tertiary/aromatic N) is 4. The molecule has 4 N–H and O–H groups in total. The number of hydrogen-bond donors (Lipinski definition) is 4. The Hall–Kier alpha value is -4.98. The lowest BCUT2D eigenvalue weighted by Gasteiger charge is -2.07. The molecule has 0 fully saturated rings. The first-order valence-electron chi connectivity index (χ1n) is 18.7. The lowest BCUT2D eigenvalue weighted by atomic mass is 10.1. The van der Waals surface area contributed by atoms with Gasteiger partial charge in [-0.25, -0.2) is 0 Å². The average Bonchev–Trinajstić information content (AvgIpc) is 4.00. The van der Waals surface area contributed by atoms with Gasteiger partial charge in [-0.3, -0.25) is 28.1 Å². The van der Waals surface area contributed by atoms with E-state index in [1.54, 1.807) is 9.36 Å². The Kier molecular flexibility index (Phi) is 10.7. The minimum atomic E-state index is -4.37. The van der Waals surface area contributed by atoms with Crippen LogP contribution in [0.25, 0.3) is 21.1 Å². The van der Waals surface area contributed by atoms with E-state index in [0.717, 1.165) is 80.0 Å². The van der Waals surface area contributed by atoms with Crippen LogP contribution in [0.15, 0.2) is 69.1 Å². The van der Waals surface area contributed by atoms with Crippen LogP contribution in [0.3, 0.4) is 0 Å². The van der Waals surface area contributed by atoms with Crippen molar-refractivity contribution in [3.8, 4) is 21.1 Å². The van der Waals surface area contributed by atoms with Gasteiger partial charge in [-0.1, -0.05) is 72.5 Å². The maximum absolute atomic E-state index is 13.5. The predicted molar refractivity (Wildman–Crippen MR) is 220 cm³/mol. The molecule has 2 amide bonds. The summed E-state index contributed by atoms with van der Waals surface area (Å²) in [6, 6.07) is 18.9. The minimum Gasteiger partial charge on any atom is -0.351 e. The molecule has 2 aliphatic rings. The maximum Gasteiger partial charge on any atom is 0.304 e. The molecule has 0 spiro atoms. The van der Waals surface area contributed by atoms with Crippen molar-refractivity contribution in [2.45, 2.75) is 73.9 Å². The van der Waals surface area contributed by atoms with E-state index in [1.807, 2.05) is 62.4 Å². The van der Waals surface area contributed by atoms with Crippen molar-refractivity contribution < 1.29 is 35.5 Å². The van der Waals surface area contributed by atoms with Gasteiger partial charge < -0.3 is 10.6 Å². The van der Waals surface area contributed by atoms with Gasteiger partial charge in [0.15, 0.2) is 11.4 Å². The van der Waals surface area contributed by atoms with Crippen molar-refractivity contribution in [3.05, 3.63) is 117 Å². The van der Waals surface area contributed by atoms with Gasteiger partial charge in [0.05, 0.1) is 34.2 Å². The number of carbonyl (C=O) groups excluding carboxylic acids is 2. The highest BCUT2D eigenvalue weighted by Crippen LogP contribution is 2.46. The lowest BCUT2D eigenvalue weighted by molar-refractivity contribution is 0.0936. The van der Waals surface area contributed by atoms with E-state index in [-0.39, 0.29) is 20.2 Å². The SMILES string of the molecule is Cc1ccc(Cn2nc(C(=O)NCCCCCCNC(=O)c3nn(Cc4ccc(C)cc4)c4c3Cc3cc(S(=O)(=O)O)sc3-4)c3c2-c2sc(S(=O)(=O)O)cc2C3)cc1. The van der Waals surface area contributed by atoms with Crippen molar-refractivity contribution in [3.63, 3.8) is 0 Å². The van der Waals surface area contributed by atoms with Crippen LogP contribution in [-0.2, 0) is 46.2 Å². The van der Waals surface area contributed by atoms with Crippen molar-refractivity contribution in [2.75, 3.05) is 13.1 Å². The van der Waals surface area contributed by atoms with Gasteiger partial charge in [0.25, 0.3) is 11.8 Å². The highest BCUT2D eigenvalue weighted by molar-refractivity contribution is 7.88.